The summed E-state index contributed by atoms with van der Waals surface area (Å²) in [6.07, 6.45) is 0. The van der Waals surface area contributed by atoms with E-state index >= 15 is 0 Å². The van der Waals surface area contributed by atoms with E-state index in [1.54, 1.807) is 56.7 Å². The highest BCUT2D eigenvalue weighted by Crippen LogP contribution is 2.22. The van der Waals surface area contributed by atoms with Crippen molar-refractivity contribution in [1.82, 2.24) is 5.32 Å². The molecule has 7 heteroatoms. The first-order valence-electron chi connectivity index (χ1n) is 9.30. The van der Waals surface area contributed by atoms with Crippen molar-refractivity contribution in [3.8, 4) is 17.2 Å². The summed E-state index contributed by atoms with van der Waals surface area (Å²) >= 11 is 0. The number of hydrogen-bond donors (Lipinski definition) is 2. The molecular formula is C23H23FN2O4. The van der Waals surface area contributed by atoms with Crippen LogP contribution >= 0.6 is 0 Å². The van der Waals surface area contributed by atoms with Crippen LogP contribution in [-0.2, 0) is 13.2 Å². The molecule has 3 aromatic carbocycles. The summed E-state index contributed by atoms with van der Waals surface area (Å²) in [5.41, 5.74) is 2.28. The largest absolute Gasteiger partial charge is 0.497 e. The number of rotatable bonds is 8. The van der Waals surface area contributed by atoms with E-state index in [1.165, 1.54) is 12.1 Å². The van der Waals surface area contributed by atoms with Gasteiger partial charge in [-0.3, -0.25) is 0 Å². The third-order valence-corrected chi connectivity index (χ3v) is 4.27. The standard InChI is InChI=1S/C23H23FN2O4/c1-28-21-10-17(11-22(13-21)29-2)14-25-23(27)26-19-4-3-5-20(12-19)30-15-16-6-8-18(24)9-7-16/h3-13H,14-15H2,1-2H3,(H2,25,26,27). The Bertz CT molecular complexity index is 970. The lowest BCUT2D eigenvalue weighted by molar-refractivity contribution is 0.251. The molecule has 0 atom stereocenters. The molecule has 0 aliphatic carbocycles. The van der Waals surface area contributed by atoms with Gasteiger partial charge >= 0.3 is 6.03 Å². The van der Waals surface area contributed by atoms with Gasteiger partial charge in [-0.1, -0.05) is 18.2 Å². The maximum atomic E-state index is 13.0. The molecule has 6 nitrogen and oxygen atoms in total. The normalized spacial score (nSPS) is 10.2. The quantitative estimate of drug-likeness (QED) is 0.563. The van der Waals surface area contributed by atoms with Crippen molar-refractivity contribution < 1.29 is 23.4 Å². The van der Waals surface area contributed by atoms with Crippen molar-refractivity contribution in [3.63, 3.8) is 0 Å². The van der Waals surface area contributed by atoms with Crippen LogP contribution in [0.1, 0.15) is 11.1 Å². The zero-order chi connectivity index (χ0) is 21.3. The average molecular weight is 410 g/mol. The van der Waals surface area contributed by atoms with Crippen LogP contribution in [0.5, 0.6) is 17.2 Å². The van der Waals surface area contributed by atoms with Crippen molar-refractivity contribution in [1.29, 1.82) is 0 Å². The van der Waals surface area contributed by atoms with Crippen LogP contribution in [0.15, 0.2) is 66.7 Å². The minimum atomic E-state index is -0.354. The monoisotopic (exact) mass is 410 g/mol. The van der Waals surface area contributed by atoms with Crippen LogP contribution in [0.3, 0.4) is 0 Å². The first-order valence-corrected chi connectivity index (χ1v) is 9.30. The van der Waals surface area contributed by atoms with Crippen molar-refractivity contribution in [3.05, 3.63) is 83.7 Å². The van der Waals surface area contributed by atoms with Gasteiger partial charge < -0.3 is 24.8 Å². The lowest BCUT2D eigenvalue weighted by Crippen LogP contribution is -2.28. The second kappa shape index (κ2) is 10.2. The number of carbonyl (C=O) groups excluding carboxylic acids is 1. The predicted octanol–water partition coefficient (Wildman–Crippen LogP) is 4.74. The molecule has 30 heavy (non-hydrogen) atoms. The van der Waals surface area contributed by atoms with Crippen LogP contribution in [0.4, 0.5) is 14.9 Å². The highest BCUT2D eigenvalue weighted by molar-refractivity contribution is 5.89. The fourth-order valence-corrected chi connectivity index (χ4v) is 2.74. The van der Waals surface area contributed by atoms with Crippen LogP contribution in [-0.4, -0.2) is 20.3 Å². The summed E-state index contributed by atoms with van der Waals surface area (Å²) in [5.74, 6) is 1.60. The number of urea groups is 1. The topological polar surface area (TPSA) is 68.8 Å². The Labute approximate surface area is 174 Å². The summed E-state index contributed by atoms with van der Waals surface area (Å²) in [5, 5.41) is 5.57. The Morgan fingerprint density at radius 1 is 0.867 bits per heavy atom. The van der Waals surface area contributed by atoms with E-state index in [-0.39, 0.29) is 11.8 Å². The second-order valence-corrected chi connectivity index (χ2v) is 6.47. The van der Waals surface area contributed by atoms with E-state index in [2.05, 4.69) is 10.6 Å². The molecule has 0 saturated carbocycles. The second-order valence-electron chi connectivity index (χ2n) is 6.47. The minimum absolute atomic E-state index is 0.289. The summed E-state index contributed by atoms with van der Waals surface area (Å²) in [6, 6.07) is 18.2. The van der Waals surface area contributed by atoms with E-state index in [0.29, 0.717) is 36.1 Å². The minimum Gasteiger partial charge on any atom is -0.497 e. The van der Waals surface area contributed by atoms with Crippen LogP contribution < -0.4 is 24.8 Å². The van der Waals surface area contributed by atoms with Gasteiger partial charge in [0.2, 0.25) is 0 Å². The van der Waals surface area contributed by atoms with Crippen LogP contribution in [0.25, 0.3) is 0 Å². The highest BCUT2D eigenvalue weighted by atomic mass is 19.1. The molecule has 0 aromatic heterocycles. The van der Waals surface area contributed by atoms with Gasteiger partial charge in [-0.2, -0.15) is 0 Å². The smallest absolute Gasteiger partial charge is 0.319 e. The molecule has 0 heterocycles. The van der Waals surface area contributed by atoms with Gasteiger partial charge in [-0.15, -0.1) is 0 Å². The number of methoxy groups -OCH3 is 2. The highest BCUT2D eigenvalue weighted by Gasteiger charge is 2.06. The summed E-state index contributed by atoms with van der Waals surface area (Å²) in [4.78, 5) is 12.3. The fraction of sp³-hybridized carbons (Fsp3) is 0.174. The van der Waals surface area contributed by atoms with Gasteiger partial charge in [0.05, 0.1) is 14.2 Å². The number of nitrogens with one attached hydrogen (secondary N) is 2. The molecule has 0 aliphatic heterocycles. The zero-order valence-electron chi connectivity index (χ0n) is 16.8. The maximum Gasteiger partial charge on any atom is 0.319 e. The molecular weight excluding hydrogens is 387 g/mol. The van der Waals surface area contributed by atoms with Gasteiger partial charge in [-0.05, 0) is 47.5 Å². The van der Waals surface area contributed by atoms with Gasteiger partial charge in [0.15, 0.2) is 0 Å². The Morgan fingerprint density at radius 2 is 1.57 bits per heavy atom. The number of amides is 2. The lowest BCUT2D eigenvalue weighted by atomic mass is 10.2. The van der Waals surface area contributed by atoms with Crippen molar-refractivity contribution in [2.75, 3.05) is 19.5 Å². The molecule has 3 rings (SSSR count). The van der Waals surface area contributed by atoms with E-state index in [1.807, 2.05) is 12.1 Å². The molecule has 0 radical (unpaired) electrons. The van der Waals surface area contributed by atoms with Gasteiger partial charge in [-0.25, -0.2) is 9.18 Å². The third kappa shape index (κ3) is 6.13. The number of carbonyl (C=O) groups is 1. The van der Waals surface area contributed by atoms with E-state index in [9.17, 15) is 9.18 Å². The molecule has 0 bridgehead atoms. The van der Waals surface area contributed by atoms with Crippen molar-refractivity contribution in [2.24, 2.45) is 0 Å². The van der Waals surface area contributed by atoms with Crippen LogP contribution in [0, 0.1) is 5.82 Å². The Morgan fingerprint density at radius 3 is 2.23 bits per heavy atom. The number of hydrogen-bond acceptors (Lipinski definition) is 4. The zero-order valence-corrected chi connectivity index (χ0v) is 16.8. The Hall–Kier alpha value is -3.74. The first-order chi connectivity index (χ1) is 14.6. The Balaban J connectivity index is 1.54. The van der Waals surface area contributed by atoms with Crippen molar-refractivity contribution >= 4 is 11.7 Å². The van der Waals surface area contributed by atoms with E-state index in [4.69, 9.17) is 14.2 Å². The molecule has 0 spiro atoms. The van der Waals surface area contributed by atoms with E-state index < -0.39 is 0 Å². The summed E-state index contributed by atoms with van der Waals surface area (Å²) in [6.45, 7) is 0.605. The third-order valence-electron chi connectivity index (χ3n) is 4.27. The molecule has 0 aliphatic rings. The number of ether oxygens (including phenoxy) is 3. The molecule has 156 valence electrons. The number of anilines is 1. The lowest BCUT2D eigenvalue weighted by Gasteiger charge is -2.12. The molecule has 0 unspecified atom stereocenters. The molecule has 0 fully saturated rings. The first kappa shape index (κ1) is 21.0. The van der Waals surface area contributed by atoms with Crippen molar-refractivity contribution in [2.45, 2.75) is 13.2 Å². The van der Waals surface area contributed by atoms with Gasteiger partial charge in [0.25, 0.3) is 0 Å². The molecule has 2 amide bonds. The predicted molar refractivity (Wildman–Crippen MR) is 113 cm³/mol. The number of benzene rings is 3. The molecule has 2 N–H and O–H groups in total. The maximum absolute atomic E-state index is 13.0. The number of halogens is 1. The summed E-state index contributed by atoms with van der Waals surface area (Å²) in [7, 11) is 3.15. The summed E-state index contributed by atoms with van der Waals surface area (Å²) < 4.78 is 29.2. The van der Waals surface area contributed by atoms with Gasteiger partial charge in [0, 0.05) is 24.4 Å². The van der Waals surface area contributed by atoms with Gasteiger partial charge in [0.1, 0.15) is 29.7 Å². The average Bonchev–Trinajstić information content (AvgIpc) is 2.77. The molecule has 3 aromatic rings. The van der Waals surface area contributed by atoms with E-state index in [0.717, 1.165) is 11.1 Å². The molecule has 0 saturated heterocycles. The van der Waals surface area contributed by atoms with Crippen LogP contribution in [0.2, 0.25) is 0 Å². The Kier molecular flexibility index (Phi) is 7.10. The fourth-order valence-electron chi connectivity index (χ4n) is 2.74. The SMILES string of the molecule is COc1cc(CNC(=O)Nc2cccc(OCc3ccc(F)cc3)c2)cc(OC)c1.